The SMILES string of the molecule is CCCCC(CC)COC(=O)CC(C(=O)OCC(CC)CCCC)S(=O)(=O)O.O=P(O)(O)O.[H-].[Na+].[Zn]. The van der Waals surface area contributed by atoms with E-state index in [2.05, 4.69) is 13.8 Å². The fraction of sp³-hybridized carbons (Fsp3) is 0.900. The maximum Gasteiger partial charge on any atom is 1.00 e. The van der Waals surface area contributed by atoms with Crippen LogP contribution in [-0.2, 0) is 53.2 Å². The number of rotatable bonds is 16. The molecule has 0 aromatic rings. The minimum absolute atomic E-state index is 0. The number of unbranched alkanes of at least 4 members (excludes halogenated alkanes) is 2. The number of esters is 2. The topological polar surface area (TPSA) is 185 Å². The smallest absolute Gasteiger partial charge is 1.00 e. The fourth-order valence-corrected chi connectivity index (χ4v) is 3.48. The van der Waals surface area contributed by atoms with Crippen LogP contribution in [0.15, 0.2) is 0 Å². The van der Waals surface area contributed by atoms with Crippen LogP contribution in [0, 0.1) is 11.8 Å². The molecule has 3 unspecified atom stereocenters. The van der Waals surface area contributed by atoms with Crippen LogP contribution in [0.5, 0.6) is 0 Å². The Balaban J connectivity index is -0.000000362. The summed E-state index contributed by atoms with van der Waals surface area (Å²) in [6, 6.07) is 0. The molecule has 0 bridgehead atoms. The summed E-state index contributed by atoms with van der Waals surface area (Å²) < 4.78 is 51.6. The van der Waals surface area contributed by atoms with Gasteiger partial charge >= 0.3 is 49.3 Å². The van der Waals surface area contributed by atoms with E-state index < -0.39 is 41.6 Å². The van der Waals surface area contributed by atoms with E-state index in [4.69, 9.17) is 28.7 Å². The second-order valence-electron chi connectivity index (χ2n) is 7.87. The number of hydrogen-bond acceptors (Lipinski definition) is 7. The molecular weight excluding hydrogens is 568 g/mol. The molecule has 4 N–H and O–H groups in total. The molecule has 0 rings (SSSR count). The van der Waals surface area contributed by atoms with Gasteiger partial charge in [-0.1, -0.05) is 66.2 Å². The molecule has 0 aromatic heterocycles. The molecule has 0 aromatic carbocycles. The maximum absolute atomic E-state index is 12.2. The molecule has 35 heavy (non-hydrogen) atoms. The van der Waals surface area contributed by atoms with E-state index in [1.54, 1.807) is 0 Å². The Bertz CT molecular complexity index is 702. The van der Waals surface area contributed by atoms with E-state index >= 15 is 0 Å². The summed E-state index contributed by atoms with van der Waals surface area (Å²) >= 11 is 0. The molecule has 3 atom stereocenters. The van der Waals surface area contributed by atoms with Crippen LogP contribution in [-0.4, -0.2) is 58.1 Å². The van der Waals surface area contributed by atoms with Crippen LogP contribution in [0.2, 0.25) is 0 Å². The van der Waals surface area contributed by atoms with E-state index in [0.29, 0.717) is 0 Å². The number of ether oxygens (including phenoxy) is 2. The first-order chi connectivity index (χ1) is 15.2. The van der Waals surface area contributed by atoms with Crippen molar-refractivity contribution in [1.82, 2.24) is 0 Å². The first-order valence-electron chi connectivity index (χ1n) is 11.3. The Morgan fingerprint density at radius 2 is 1.26 bits per heavy atom. The van der Waals surface area contributed by atoms with E-state index in [1.807, 2.05) is 13.8 Å². The van der Waals surface area contributed by atoms with Gasteiger partial charge in [-0.3, -0.25) is 14.1 Å². The number of hydrogen-bond donors (Lipinski definition) is 4. The van der Waals surface area contributed by atoms with Crippen molar-refractivity contribution in [3.63, 3.8) is 0 Å². The Morgan fingerprint density at radius 1 is 0.886 bits per heavy atom. The van der Waals surface area contributed by atoms with Gasteiger partial charge in [0.1, 0.15) is 0 Å². The number of carbonyl (C=O) groups excluding carboxylic acids is 2. The van der Waals surface area contributed by atoms with E-state index in [1.165, 1.54) is 0 Å². The van der Waals surface area contributed by atoms with Crippen molar-refractivity contribution in [2.45, 2.75) is 90.7 Å². The maximum atomic E-state index is 12.2. The Morgan fingerprint density at radius 3 is 1.57 bits per heavy atom. The van der Waals surface area contributed by atoms with E-state index in [0.717, 1.165) is 51.4 Å². The third-order valence-corrected chi connectivity index (χ3v) is 6.08. The van der Waals surface area contributed by atoms with Crippen LogP contribution in [0.3, 0.4) is 0 Å². The van der Waals surface area contributed by atoms with Crippen molar-refractivity contribution in [3.8, 4) is 0 Å². The van der Waals surface area contributed by atoms with Gasteiger partial charge in [0.05, 0.1) is 19.6 Å². The molecular formula is C20H42NaO11PSZn. The first-order valence-corrected chi connectivity index (χ1v) is 14.3. The Hall–Kier alpha value is 0.583. The van der Waals surface area contributed by atoms with E-state index in [-0.39, 0.29) is 75.5 Å². The number of phosphoric acid groups is 1. The van der Waals surface area contributed by atoms with Gasteiger partial charge in [-0.05, 0) is 24.7 Å². The van der Waals surface area contributed by atoms with Crippen molar-refractivity contribution in [2.75, 3.05) is 13.2 Å². The van der Waals surface area contributed by atoms with Gasteiger partial charge in [0.2, 0.25) is 0 Å². The van der Waals surface area contributed by atoms with Gasteiger partial charge in [0.15, 0.2) is 5.25 Å². The van der Waals surface area contributed by atoms with Crippen molar-refractivity contribution >= 4 is 29.9 Å². The average molecular weight is 610 g/mol. The molecule has 0 amide bonds. The summed E-state index contributed by atoms with van der Waals surface area (Å²) in [7, 11) is -9.40. The number of carbonyl (C=O) groups is 2. The largest absolute Gasteiger partial charge is 1.00 e. The Kier molecular flexibility index (Phi) is 28.9. The van der Waals surface area contributed by atoms with Crippen LogP contribution >= 0.6 is 7.82 Å². The minimum atomic E-state index is -4.76. The average Bonchev–Trinajstić information content (AvgIpc) is 2.70. The predicted octanol–water partition coefficient (Wildman–Crippen LogP) is 0.338. The molecule has 15 heteroatoms. The van der Waals surface area contributed by atoms with Crippen LogP contribution < -0.4 is 29.6 Å². The summed E-state index contributed by atoms with van der Waals surface area (Å²) in [5.74, 6) is -1.61. The van der Waals surface area contributed by atoms with Crippen molar-refractivity contribution < 1.29 is 102 Å². The molecule has 11 nitrogen and oxygen atoms in total. The molecule has 202 valence electrons. The predicted molar refractivity (Wildman–Crippen MR) is 124 cm³/mol. The molecule has 0 aliphatic heterocycles. The van der Waals surface area contributed by atoms with Gasteiger partial charge in [0.25, 0.3) is 10.1 Å². The van der Waals surface area contributed by atoms with E-state index in [9.17, 15) is 22.6 Å². The Labute approximate surface area is 246 Å². The van der Waals surface area contributed by atoms with Crippen molar-refractivity contribution in [3.05, 3.63) is 0 Å². The van der Waals surface area contributed by atoms with Gasteiger partial charge in [-0.2, -0.15) is 8.42 Å². The second-order valence-corrected chi connectivity index (χ2v) is 10.5. The second kappa shape index (κ2) is 23.7. The zero-order valence-electron chi connectivity index (χ0n) is 22.7. The molecule has 0 saturated carbocycles. The third-order valence-electron chi connectivity index (χ3n) is 5.00. The van der Waals surface area contributed by atoms with Crippen LogP contribution in [0.4, 0.5) is 0 Å². The normalized spacial score (nSPS) is 13.6. The van der Waals surface area contributed by atoms with Crippen molar-refractivity contribution in [1.29, 1.82) is 0 Å². The quantitative estimate of drug-likeness (QED) is 0.0818. The molecule has 0 fully saturated rings. The van der Waals surface area contributed by atoms with Crippen molar-refractivity contribution in [2.24, 2.45) is 11.8 Å². The first kappa shape index (κ1) is 42.7. The summed E-state index contributed by atoms with van der Waals surface area (Å²) in [6.45, 7) is 8.35. The molecule has 0 aliphatic carbocycles. The van der Waals surface area contributed by atoms with Gasteiger partial charge in [-0.15, -0.1) is 0 Å². The summed E-state index contributed by atoms with van der Waals surface area (Å²) in [5.41, 5.74) is 0. The van der Waals surface area contributed by atoms with Gasteiger partial charge in [-0.25, -0.2) is 4.57 Å². The fourth-order valence-electron chi connectivity index (χ4n) is 2.82. The molecule has 0 heterocycles. The summed E-state index contributed by atoms with van der Waals surface area (Å²) in [4.78, 5) is 45.8. The molecule has 0 radical (unpaired) electrons. The zero-order chi connectivity index (χ0) is 26.1. The van der Waals surface area contributed by atoms with Gasteiger partial charge in [0, 0.05) is 19.5 Å². The van der Waals surface area contributed by atoms with Gasteiger partial charge < -0.3 is 25.6 Å². The summed E-state index contributed by atoms with van der Waals surface area (Å²) in [5, 5.41) is -1.95. The minimum Gasteiger partial charge on any atom is -1.00 e. The van der Waals surface area contributed by atoms with Crippen LogP contribution in [0.25, 0.3) is 0 Å². The standard InChI is InChI=1S/C20H38O7S.Na.H3O4P.Zn.H/c1-5-9-11-16(7-3)14-26-19(21)13-18(28(23,24)25)20(22)27-15-17(8-4)12-10-6-2;;1-5(2,3)4;;/h16-18H,5-15H2,1-4H3,(H,23,24,25);;(H3,1,2,3,4);;/q;+1;;;-1. The monoisotopic (exact) mass is 608 g/mol. The summed E-state index contributed by atoms with van der Waals surface area (Å²) in [6.07, 6.45) is 6.74. The third kappa shape index (κ3) is 27.4. The molecule has 0 spiro atoms. The zero-order valence-corrected chi connectivity index (χ0v) is 28.4. The molecule has 0 aliphatic rings. The molecule has 0 saturated heterocycles. The van der Waals surface area contributed by atoms with Crippen LogP contribution in [0.1, 0.15) is 86.9 Å².